The Kier molecular flexibility index (Phi) is 6.54. The lowest BCUT2D eigenvalue weighted by atomic mass is 10.1. The zero-order valence-corrected chi connectivity index (χ0v) is 11.2. The lowest BCUT2D eigenvalue weighted by Gasteiger charge is -2.21. The molecule has 0 heterocycles. The van der Waals surface area contributed by atoms with Gasteiger partial charge in [-0.15, -0.1) is 11.6 Å². The summed E-state index contributed by atoms with van der Waals surface area (Å²) in [6.45, 7) is 1.47. The SMILES string of the molecule is COCCN(CCCl)C(=O)Cc1ccccc1O. The summed E-state index contributed by atoms with van der Waals surface area (Å²) in [4.78, 5) is 13.7. The van der Waals surface area contributed by atoms with Crippen molar-refractivity contribution in [2.24, 2.45) is 0 Å². The van der Waals surface area contributed by atoms with Crippen molar-refractivity contribution in [3.8, 4) is 5.75 Å². The summed E-state index contributed by atoms with van der Waals surface area (Å²) in [5.74, 6) is 0.466. The van der Waals surface area contributed by atoms with Gasteiger partial charge in [0, 0.05) is 31.6 Å². The van der Waals surface area contributed by atoms with Gasteiger partial charge in [-0.05, 0) is 6.07 Å². The molecular formula is C13H18ClNO3. The summed E-state index contributed by atoms with van der Waals surface area (Å²) in [7, 11) is 1.59. The molecule has 0 fully saturated rings. The highest BCUT2D eigenvalue weighted by Crippen LogP contribution is 2.16. The molecule has 1 N–H and O–H groups in total. The Morgan fingerprint density at radius 2 is 2.11 bits per heavy atom. The van der Waals surface area contributed by atoms with Crippen molar-refractivity contribution in [2.75, 3.05) is 32.7 Å². The van der Waals surface area contributed by atoms with Crippen LogP contribution in [0.5, 0.6) is 5.75 Å². The van der Waals surface area contributed by atoms with Gasteiger partial charge >= 0.3 is 0 Å². The molecule has 1 amide bonds. The van der Waals surface area contributed by atoms with E-state index >= 15 is 0 Å². The molecule has 0 aliphatic rings. The number of carbonyl (C=O) groups is 1. The lowest BCUT2D eigenvalue weighted by Crippen LogP contribution is -2.36. The number of hydrogen-bond donors (Lipinski definition) is 1. The van der Waals surface area contributed by atoms with Gasteiger partial charge in [0.05, 0.1) is 13.0 Å². The van der Waals surface area contributed by atoms with Crippen LogP contribution in [0.1, 0.15) is 5.56 Å². The van der Waals surface area contributed by atoms with E-state index in [0.717, 1.165) is 0 Å². The Hall–Kier alpha value is -1.26. The number of alkyl halides is 1. The zero-order chi connectivity index (χ0) is 13.4. The Labute approximate surface area is 112 Å². The van der Waals surface area contributed by atoms with Gasteiger partial charge in [0.1, 0.15) is 5.75 Å². The van der Waals surface area contributed by atoms with Crippen molar-refractivity contribution in [1.82, 2.24) is 4.90 Å². The van der Waals surface area contributed by atoms with Crippen molar-refractivity contribution in [3.05, 3.63) is 29.8 Å². The van der Waals surface area contributed by atoms with Crippen LogP contribution >= 0.6 is 11.6 Å². The van der Waals surface area contributed by atoms with Gasteiger partial charge in [-0.1, -0.05) is 18.2 Å². The van der Waals surface area contributed by atoms with Crippen LogP contribution < -0.4 is 0 Å². The minimum Gasteiger partial charge on any atom is -0.508 e. The third-order valence-corrected chi connectivity index (χ3v) is 2.77. The van der Waals surface area contributed by atoms with E-state index in [1.807, 2.05) is 0 Å². The molecule has 18 heavy (non-hydrogen) atoms. The van der Waals surface area contributed by atoms with Crippen LogP contribution in [0.3, 0.4) is 0 Å². The van der Waals surface area contributed by atoms with Crippen molar-refractivity contribution >= 4 is 17.5 Å². The predicted octanol–water partition coefficient (Wildman–Crippen LogP) is 1.65. The molecule has 0 saturated heterocycles. The van der Waals surface area contributed by atoms with Crippen LogP contribution in [0.25, 0.3) is 0 Å². The molecule has 1 aromatic carbocycles. The maximum absolute atomic E-state index is 12.1. The summed E-state index contributed by atoms with van der Waals surface area (Å²) in [6, 6.07) is 6.83. The van der Waals surface area contributed by atoms with Crippen LogP contribution in [0.4, 0.5) is 0 Å². The number of halogens is 1. The number of benzene rings is 1. The maximum atomic E-state index is 12.1. The third kappa shape index (κ3) is 4.55. The summed E-state index contributed by atoms with van der Waals surface area (Å²) in [6.07, 6.45) is 0.174. The van der Waals surface area contributed by atoms with Crippen LogP contribution in [0.2, 0.25) is 0 Å². The Balaban J connectivity index is 2.63. The van der Waals surface area contributed by atoms with Crippen molar-refractivity contribution in [3.63, 3.8) is 0 Å². The van der Waals surface area contributed by atoms with Gasteiger partial charge < -0.3 is 14.7 Å². The summed E-state index contributed by atoms with van der Waals surface area (Å²) >= 11 is 5.67. The summed E-state index contributed by atoms with van der Waals surface area (Å²) < 4.78 is 4.96. The first-order valence-electron chi connectivity index (χ1n) is 5.78. The van der Waals surface area contributed by atoms with E-state index in [-0.39, 0.29) is 18.1 Å². The van der Waals surface area contributed by atoms with Gasteiger partial charge in [-0.2, -0.15) is 0 Å². The van der Waals surface area contributed by atoms with Gasteiger partial charge in [0.2, 0.25) is 5.91 Å². The van der Waals surface area contributed by atoms with E-state index in [2.05, 4.69) is 0 Å². The average molecular weight is 272 g/mol. The number of rotatable bonds is 7. The van der Waals surface area contributed by atoms with E-state index in [9.17, 15) is 9.90 Å². The van der Waals surface area contributed by atoms with Crippen LogP contribution in [-0.2, 0) is 16.0 Å². The second kappa shape index (κ2) is 7.95. The average Bonchev–Trinajstić information content (AvgIpc) is 2.37. The van der Waals surface area contributed by atoms with Crippen molar-refractivity contribution in [2.45, 2.75) is 6.42 Å². The Morgan fingerprint density at radius 1 is 1.39 bits per heavy atom. The van der Waals surface area contributed by atoms with Crippen molar-refractivity contribution < 1.29 is 14.6 Å². The van der Waals surface area contributed by atoms with Crippen molar-refractivity contribution in [1.29, 1.82) is 0 Å². The van der Waals surface area contributed by atoms with Gasteiger partial charge in [0.25, 0.3) is 0 Å². The number of methoxy groups -OCH3 is 1. The topological polar surface area (TPSA) is 49.8 Å². The number of para-hydroxylation sites is 1. The minimum absolute atomic E-state index is 0.0609. The lowest BCUT2D eigenvalue weighted by molar-refractivity contribution is -0.130. The molecule has 0 aliphatic carbocycles. The second-order valence-electron chi connectivity index (χ2n) is 3.87. The van der Waals surface area contributed by atoms with E-state index in [4.69, 9.17) is 16.3 Å². The molecule has 0 spiro atoms. The van der Waals surface area contributed by atoms with E-state index in [1.54, 1.807) is 36.3 Å². The highest BCUT2D eigenvalue weighted by molar-refractivity contribution is 6.18. The number of amides is 1. The third-order valence-electron chi connectivity index (χ3n) is 2.61. The molecule has 1 rings (SSSR count). The smallest absolute Gasteiger partial charge is 0.227 e. The fourth-order valence-corrected chi connectivity index (χ4v) is 1.80. The molecule has 0 saturated carbocycles. The Morgan fingerprint density at radius 3 is 2.72 bits per heavy atom. The molecule has 0 atom stereocenters. The molecule has 0 bridgehead atoms. The normalized spacial score (nSPS) is 10.3. The standard InChI is InChI=1S/C13H18ClNO3/c1-18-9-8-15(7-6-14)13(17)10-11-4-2-3-5-12(11)16/h2-5,16H,6-10H2,1H3. The molecule has 100 valence electrons. The number of hydrogen-bond acceptors (Lipinski definition) is 3. The fourth-order valence-electron chi connectivity index (χ4n) is 1.60. The fraction of sp³-hybridized carbons (Fsp3) is 0.462. The molecule has 4 nitrogen and oxygen atoms in total. The van der Waals surface area contributed by atoms with E-state index in [1.165, 1.54) is 0 Å². The number of aromatic hydroxyl groups is 1. The van der Waals surface area contributed by atoms with Gasteiger partial charge in [0.15, 0.2) is 0 Å². The quantitative estimate of drug-likeness (QED) is 0.767. The number of ether oxygens (including phenoxy) is 1. The molecule has 5 heteroatoms. The highest BCUT2D eigenvalue weighted by Gasteiger charge is 2.14. The summed E-state index contributed by atoms with van der Waals surface area (Å²) in [5, 5.41) is 9.63. The number of nitrogens with zero attached hydrogens (tertiary/aromatic N) is 1. The van der Waals surface area contributed by atoms with Gasteiger partial charge in [-0.25, -0.2) is 0 Å². The number of carbonyl (C=O) groups excluding carboxylic acids is 1. The molecule has 0 radical (unpaired) electrons. The minimum atomic E-state index is -0.0609. The van der Waals surface area contributed by atoms with Crippen LogP contribution in [-0.4, -0.2) is 48.6 Å². The molecule has 0 aliphatic heterocycles. The zero-order valence-electron chi connectivity index (χ0n) is 10.4. The molecular weight excluding hydrogens is 254 g/mol. The first kappa shape index (κ1) is 14.8. The maximum Gasteiger partial charge on any atom is 0.227 e. The van der Waals surface area contributed by atoms with Gasteiger partial charge in [-0.3, -0.25) is 4.79 Å². The first-order chi connectivity index (χ1) is 8.69. The monoisotopic (exact) mass is 271 g/mol. The van der Waals surface area contributed by atoms with Crippen LogP contribution in [0.15, 0.2) is 24.3 Å². The second-order valence-corrected chi connectivity index (χ2v) is 4.25. The first-order valence-corrected chi connectivity index (χ1v) is 6.32. The number of phenolic OH excluding ortho intramolecular Hbond substituents is 1. The molecule has 1 aromatic rings. The molecule has 0 aromatic heterocycles. The summed E-state index contributed by atoms with van der Waals surface area (Å²) in [5.41, 5.74) is 0.625. The molecule has 0 unspecified atom stereocenters. The van der Waals surface area contributed by atoms with E-state index in [0.29, 0.717) is 31.1 Å². The number of phenols is 1. The highest BCUT2D eigenvalue weighted by atomic mass is 35.5. The van der Waals surface area contributed by atoms with E-state index < -0.39 is 0 Å². The largest absolute Gasteiger partial charge is 0.508 e. The Bertz CT molecular complexity index is 384. The van der Waals surface area contributed by atoms with Crippen LogP contribution in [0, 0.1) is 0 Å². The predicted molar refractivity (Wildman–Crippen MR) is 71.0 cm³/mol.